The van der Waals surface area contributed by atoms with Gasteiger partial charge in [0.05, 0.1) is 17.9 Å². The molecule has 162 valence electrons. The van der Waals surface area contributed by atoms with E-state index in [1.54, 1.807) is 24.3 Å². The van der Waals surface area contributed by atoms with Crippen molar-refractivity contribution in [2.24, 2.45) is 5.92 Å². The Morgan fingerprint density at radius 2 is 1.97 bits per heavy atom. The van der Waals surface area contributed by atoms with E-state index in [0.717, 1.165) is 12.8 Å². The van der Waals surface area contributed by atoms with Gasteiger partial charge in [-0.25, -0.2) is 8.42 Å². The van der Waals surface area contributed by atoms with E-state index >= 15 is 0 Å². The number of hydrogen-bond donors (Lipinski definition) is 1. The number of nitrogens with zero attached hydrogens (tertiary/aromatic N) is 1. The highest BCUT2D eigenvalue weighted by Crippen LogP contribution is 2.25. The van der Waals surface area contributed by atoms with Crippen LogP contribution in [0.15, 0.2) is 53.4 Å². The molecule has 6 nitrogen and oxygen atoms in total. The van der Waals surface area contributed by atoms with Crippen LogP contribution >= 0.6 is 0 Å². The van der Waals surface area contributed by atoms with Crippen LogP contribution in [-0.4, -0.2) is 45.4 Å². The third-order valence-corrected chi connectivity index (χ3v) is 7.36. The molecule has 0 saturated carbocycles. The zero-order chi connectivity index (χ0) is 21.6. The summed E-state index contributed by atoms with van der Waals surface area (Å²) < 4.78 is 32.4. The van der Waals surface area contributed by atoms with E-state index in [4.69, 9.17) is 4.74 Å². The van der Waals surface area contributed by atoms with Crippen molar-refractivity contribution in [3.63, 3.8) is 0 Å². The lowest BCUT2D eigenvalue weighted by Gasteiger charge is -2.31. The summed E-state index contributed by atoms with van der Waals surface area (Å²) in [7, 11) is -2.08. The first-order chi connectivity index (χ1) is 14.4. The Bertz CT molecular complexity index is 957. The average molecular weight is 431 g/mol. The molecular weight excluding hydrogens is 400 g/mol. The van der Waals surface area contributed by atoms with E-state index in [1.165, 1.54) is 22.5 Å². The fourth-order valence-electron chi connectivity index (χ4n) is 3.79. The normalized spacial score (nSPS) is 17.5. The van der Waals surface area contributed by atoms with Gasteiger partial charge in [0.2, 0.25) is 15.9 Å². The number of sulfonamides is 1. The molecule has 30 heavy (non-hydrogen) atoms. The zero-order valence-corrected chi connectivity index (χ0v) is 18.5. The summed E-state index contributed by atoms with van der Waals surface area (Å²) >= 11 is 0. The highest BCUT2D eigenvalue weighted by molar-refractivity contribution is 7.89. The number of piperidine rings is 1. The number of carbonyl (C=O) groups excluding carboxylic acids is 1. The minimum atomic E-state index is -3.62. The van der Waals surface area contributed by atoms with Crippen LogP contribution in [0.3, 0.4) is 0 Å². The first-order valence-corrected chi connectivity index (χ1v) is 11.8. The van der Waals surface area contributed by atoms with Gasteiger partial charge < -0.3 is 10.1 Å². The molecule has 1 aliphatic rings. The Morgan fingerprint density at radius 1 is 1.20 bits per heavy atom. The van der Waals surface area contributed by atoms with Crippen molar-refractivity contribution in [2.45, 2.75) is 37.5 Å². The van der Waals surface area contributed by atoms with Gasteiger partial charge in [0.1, 0.15) is 5.75 Å². The monoisotopic (exact) mass is 430 g/mol. The zero-order valence-electron chi connectivity index (χ0n) is 17.6. The van der Waals surface area contributed by atoms with Gasteiger partial charge in [-0.15, -0.1) is 0 Å². The largest absolute Gasteiger partial charge is 0.497 e. The summed E-state index contributed by atoms with van der Waals surface area (Å²) in [4.78, 5) is 12.8. The second-order valence-corrected chi connectivity index (χ2v) is 9.70. The number of amides is 1. The molecule has 3 rings (SSSR count). The molecule has 1 saturated heterocycles. The summed E-state index contributed by atoms with van der Waals surface area (Å²) in [6.45, 7) is 3.32. The number of rotatable bonds is 8. The van der Waals surface area contributed by atoms with Gasteiger partial charge >= 0.3 is 0 Å². The second-order valence-electron chi connectivity index (χ2n) is 7.76. The second kappa shape index (κ2) is 10.1. The molecule has 0 aromatic heterocycles. The number of carbonyl (C=O) groups is 1. The highest BCUT2D eigenvalue weighted by atomic mass is 32.2. The van der Waals surface area contributed by atoms with Gasteiger partial charge in [0.15, 0.2) is 0 Å². The molecule has 0 spiro atoms. The van der Waals surface area contributed by atoms with E-state index in [1.807, 2.05) is 6.07 Å². The van der Waals surface area contributed by atoms with E-state index in [9.17, 15) is 13.2 Å². The molecule has 7 heteroatoms. The number of nitrogens with one attached hydrogen (secondary N) is 1. The third-order valence-electron chi connectivity index (χ3n) is 5.48. The van der Waals surface area contributed by atoms with E-state index in [-0.39, 0.29) is 23.3 Å². The smallest absolute Gasteiger partial charge is 0.243 e. The maximum atomic E-state index is 13.0. The molecule has 2 aromatic rings. The van der Waals surface area contributed by atoms with Crippen LogP contribution in [0, 0.1) is 12.8 Å². The van der Waals surface area contributed by atoms with Crippen LogP contribution in [-0.2, 0) is 21.2 Å². The molecule has 1 amide bonds. The Morgan fingerprint density at radius 3 is 2.67 bits per heavy atom. The first kappa shape index (κ1) is 22.3. The third kappa shape index (κ3) is 5.61. The van der Waals surface area contributed by atoms with Crippen LogP contribution in [0.2, 0.25) is 0 Å². The first-order valence-electron chi connectivity index (χ1n) is 10.4. The molecule has 2 aromatic carbocycles. The molecule has 0 bridgehead atoms. The SMILES string of the molecule is COc1ccc(S(=O)(=O)N2CCC[C@H](C(=O)NCCCc3cccc(C)c3)C2)cc1. The molecule has 1 heterocycles. The van der Waals surface area contributed by atoms with Gasteiger partial charge in [0, 0.05) is 19.6 Å². The molecule has 0 aliphatic carbocycles. The molecule has 1 fully saturated rings. The lowest BCUT2D eigenvalue weighted by Crippen LogP contribution is -2.45. The molecular formula is C23H30N2O4S. The maximum absolute atomic E-state index is 13.0. The predicted octanol–water partition coefficient (Wildman–Crippen LogP) is 3.15. The van der Waals surface area contributed by atoms with Gasteiger partial charge in [-0.3, -0.25) is 4.79 Å². The maximum Gasteiger partial charge on any atom is 0.243 e. The van der Waals surface area contributed by atoms with Crippen LogP contribution in [0.4, 0.5) is 0 Å². The fourth-order valence-corrected chi connectivity index (χ4v) is 5.31. The Kier molecular flexibility index (Phi) is 7.50. The van der Waals surface area contributed by atoms with Crippen molar-refractivity contribution in [2.75, 3.05) is 26.7 Å². The summed E-state index contributed by atoms with van der Waals surface area (Å²) in [5.41, 5.74) is 2.50. The van der Waals surface area contributed by atoms with Crippen LogP contribution in [0.25, 0.3) is 0 Å². The van der Waals surface area contributed by atoms with Crippen molar-refractivity contribution in [1.82, 2.24) is 9.62 Å². The summed E-state index contributed by atoms with van der Waals surface area (Å²) in [5, 5.41) is 2.99. The highest BCUT2D eigenvalue weighted by Gasteiger charge is 2.33. The number of hydrogen-bond acceptors (Lipinski definition) is 4. The lowest BCUT2D eigenvalue weighted by molar-refractivity contribution is -0.126. The lowest BCUT2D eigenvalue weighted by atomic mass is 9.98. The standard InChI is InChI=1S/C23H30N2O4S/c1-18-6-3-7-19(16-18)8-4-14-24-23(26)20-9-5-15-25(17-20)30(27,28)22-12-10-21(29-2)11-13-22/h3,6-7,10-13,16,20H,4-5,8-9,14-15,17H2,1-2H3,(H,24,26)/t20-/m0/s1. The number of methoxy groups -OCH3 is 1. The molecule has 0 unspecified atom stereocenters. The number of aryl methyl sites for hydroxylation is 2. The van der Waals surface area contributed by atoms with E-state index in [2.05, 4.69) is 30.4 Å². The summed E-state index contributed by atoms with van der Waals surface area (Å²) in [6, 6.07) is 14.7. The van der Waals surface area contributed by atoms with Crippen molar-refractivity contribution in [1.29, 1.82) is 0 Å². The van der Waals surface area contributed by atoms with E-state index < -0.39 is 10.0 Å². The van der Waals surface area contributed by atoms with Crippen LogP contribution in [0.5, 0.6) is 5.75 Å². The van der Waals surface area contributed by atoms with Crippen molar-refractivity contribution >= 4 is 15.9 Å². The van der Waals surface area contributed by atoms with Gasteiger partial charge in [-0.2, -0.15) is 4.31 Å². The van der Waals surface area contributed by atoms with Gasteiger partial charge in [0.25, 0.3) is 0 Å². The average Bonchev–Trinajstić information content (AvgIpc) is 2.77. The topological polar surface area (TPSA) is 75.7 Å². The molecule has 0 radical (unpaired) electrons. The van der Waals surface area contributed by atoms with Gasteiger partial charge in [-0.1, -0.05) is 29.8 Å². The van der Waals surface area contributed by atoms with Crippen LogP contribution in [0.1, 0.15) is 30.4 Å². The molecule has 1 aliphatic heterocycles. The Hall–Kier alpha value is -2.38. The Balaban J connectivity index is 1.52. The van der Waals surface area contributed by atoms with E-state index in [0.29, 0.717) is 31.7 Å². The molecule has 1 atom stereocenters. The number of ether oxygens (including phenoxy) is 1. The Labute approximate surface area is 179 Å². The van der Waals surface area contributed by atoms with Crippen LogP contribution < -0.4 is 10.1 Å². The quantitative estimate of drug-likeness (QED) is 0.653. The molecule has 1 N–H and O–H groups in total. The van der Waals surface area contributed by atoms with Gasteiger partial charge in [-0.05, 0) is 62.4 Å². The van der Waals surface area contributed by atoms with Crippen molar-refractivity contribution in [3.8, 4) is 5.75 Å². The van der Waals surface area contributed by atoms with Crippen molar-refractivity contribution < 1.29 is 17.9 Å². The summed E-state index contributed by atoms with van der Waals surface area (Å²) in [6.07, 6.45) is 3.15. The minimum absolute atomic E-state index is 0.0612. The summed E-state index contributed by atoms with van der Waals surface area (Å²) in [5.74, 6) is 0.232. The predicted molar refractivity (Wildman–Crippen MR) is 117 cm³/mol. The van der Waals surface area contributed by atoms with Crippen molar-refractivity contribution in [3.05, 3.63) is 59.7 Å². The minimum Gasteiger partial charge on any atom is -0.497 e. The number of benzene rings is 2. The fraction of sp³-hybridized carbons (Fsp3) is 0.435.